The van der Waals surface area contributed by atoms with E-state index in [0.717, 1.165) is 11.8 Å². The molecule has 2 rings (SSSR count). The van der Waals surface area contributed by atoms with Crippen molar-refractivity contribution in [1.29, 1.82) is 0 Å². The van der Waals surface area contributed by atoms with Gasteiger partial charge in [-0.05, 0) is 63.0 Å². The molecule has 1 saturated carbocycles. The number of likely N-dealkylation sites (tertiary alicyclic amines) is 1. The van der Waals surface area contributed by atoms with Gasteiger partial charge in [0.25, 0.3) is 0 Å². The fourth-order valence-electron chi connectivity index (χ4n) is 3.84. The van der Waals surface area contributed by atoms with E-state index in [1.807, 2.05) is 0 Å². The molecule has 0 spiro atoms. The first kappa shape index (κ1) is 15.9. The highest BCUT2D eigenvalue weighted by Crippen LogP contribution is 2.32. The Morgan fingerprint density at radius 2 is 1.65 bits per heavy atom. The van der Waals surface area contributed by atoms with Gasteiger partial charge in [-0.1, -0.05) is 45.1 Å². The molecular formula is C19H35N. The zero-order valence-electron chi connectivity index (χ0n) is 13.7. The van der Waals surface area contributed by atoms with E-state index in [-0.39, 0.29) is 0 Å². The molecule has 1 aliphatic carbocycles. The van der Waals surface area contributed by atoms with Crippen LogP contribution in [0.1, 0.15) is 84.0 Å². The normalized spacial score (nSPS) is 28.1. The highest BCUT2D eigenvalue weighted by molar-refractivity contribution is 4.91. The number of unbranched alkanes of at least 4 members (excludes halogenated alkanes) is 3. The molecule has 0 aromatic heterocycles. The Bertz CT molecular complexity index is 257. The maximum Gasteiger partial charge on any atom is 0.0172 e. The van der Waals surface area contributed by atoms with Gasteiger partial charge in [0, 0.05) is 13.1 Å². The van der Waals surface area contributed by atoms with Gasteiger partial charge in [-0.2, -0.15) is 0 Å². The van der Waals surface area contributed by atoms with Crippen molar-refractivity contribution in [3.05, 3.63) is 12.3 Å². The summed E-state index contributed by atoms with van der Waals surface area (Å²) in [6, 6.07) is 0. The van der Waals surface area contributed by atoms with Crippen molar-refractivity contribution in [3.63, 3.8) is 0 Å². The van der Waals surface area contributed by atoms with Gasteiger partial charge in [0.2, 0.25) is 0 Å². The summed E-state index contributed by atoms with van der Waals surface area (Å²) >= 11 is 0. The van der Waals surface area contributed by atoms with Crippen LogP contribution in [-0.4, -0.2) is 18.0 Å². The molecule has 2 fully saturated rings. The minimum Gasteiger partial charge on any atom is -0.378 e. The lowest BCUT2D eigenvalue weighted by atomic mass is 9.80. The molecule has 1 nitrogen and oxygen atoms in total. The zero-order chi connectivity index (χ0) is 14.0. The molecule has 0 bridgehead atoms. The van der Waals surface area contributed by atoms with Crippen LogP contribution in [0.5, 0.6) is 0 Å². The number of hydrogen-bond acceptors (Lipinski definition) is 1. The second kappa shape index (κ2) is 9.47. The summed E-state index contributed by atoms with van der Waals surface area (Å²) in [4.78, 5) is 2.54. The van der Waals surface area contributed by atoms with E-state index in [9.17, 15) is 0 Å². The van der Waals surface area contributed by atoms with E-state index in [0.29, 0.717) is 0 Å². The summed E-state index contributed by atoms with van der Waals surface area (Å²) in [7, 11) is 0. The second-order valence-corrected chi connectivity index (χ2v) is 7.07. The van der Waals surface area contributed by atoms with Crippen LogP contribution >= 0.6 is 0 Å². The molecular weight excluding hydrogens is 242 g/mol. The first-order chi connectivity index (χ1) is 9.88. The third-order valence-corrected chi connectivity index (χ3v) is 5.32. The summed E-state index contributed by atoms with van der Waals surface area (Å²) < 4.78 is 0. The van der Waals surface area contributed by atoms with Crippen LogP contribution in [0.4, 0.5) is 0 Å². The van der Waals surface area contributed by atoms with Crippen LogP contribution in [0, 0.1) is 11.8 Å². The second-order valence-electron chi connectivity index (χ2n) is 7.07. The molecule has 1 heterocycles. The average molecular weight is 277 g/mol. The highest BCUT2D eigenvalue weighted by atomic mass is 15.1. The van der Waals surface area contributed by atoms with E-state index >= 15 is 0 Å². The van der Waals surface area contributed by atoms with Crippen LogP contribution in [0.2, 0.25) is 0 Å². The Morgan fingerprint density at radius 1 is 0.900 bits per heavy atom. The van der Waals surface area contributed by atoms with Crippen LogP contribution < -0.4 is 0 Å². The van der Waals surface area contributed by atoms with Gasteiger partial charge >= 0.3 is 0 Å². The van der Waals surface area contributed by atoms with Crippen molar-refractivity contribution >= 4 is 0 Å². The fraction of sp³-hybridized carbons (Fsp3) is 0.895. The summed E-state index contributed by atoms with van der Waals surface area (Å²) in [5, 5.41) is 0. The first-order valence-corrected chi connectivity index (χ1v) is 9.31. The molecule has 1 saturated heterocycles. The maximum atomic E-state index is 2.54. The van der Waals surface area contributed by atoms with Crippen LogP contribution in [0.15, 0.2) is 12.3 Å². The van der Waals surface area contributed by atoms with Crippen molar-refractivity contribution in [2.45, 2.75) is 84.0 Å². The quantitative estimate of drug-likeness (QED) is 0.534. The molecule has 1 aliphatic heterocycles. The predicted octanol–water partition coefficient (Wildman–Crippen LogP) is 5.76. The standard InChI is InChI=1S/C19H35N/c1-2-3-4-6-9-18-10-12-19(13-11-18)14-17-20-15-7-5-8-16-20/h14,17-19H,2-13,15-16H2,1H3. The van der Waals surface area contributed by atoms with Gasteiger partial charge < -0.3 is 4.90 Å². The minimum atomic E-state index is 0.879. The van der Waals surface area contributed by atoms with E-state index in [4.69, 9.17) is 0 Å². The van der Waals surface area contributed by atoms with Crippen LogP contribution in [0.3, 0.4) is 0 Å². The molecule has 0 N–H and O–H groups in total. The molecule has 0 aromatic rings. The molecule has 20 heavy (non-hydrogen) atoms. The number of piperidine rings is 1. The summed E-state index contributed by atoms with van der Waals surface area (Å²) in [6.07, 6.45) is 22.3. The topological polar surface area (TPSA) is 3.24 Å². The average Bonchev–Trinajstić information content (AvgIpc) is 2.52. The number of nitrogens with zero attached hydrogens (tertiary/aromatic N) is 1. The van der Waals surface area contributed by atoms with Gasteiger partial charge in [-0.15, -0.1) is 0 Å². The van der Waals surface area contributed by atoms with Crippen LogP contribution in [-0.2, 0) is 0 Å². The number of rotatable bonds is 7. The largest absolute Gasteiger partial charge is 0.378 e. The van der Waals surface area contributed by atoms with E-state index in [2.05, 4.69) is 24.1 Å². The molecule has 0 radical (unpaired) electrons. The minimum absolute atomic E-state index is 0.879. The van der Waals surface area contributed by atoms with Crippen molar-refractivity contribution < 1.29 is 0 Å². The Labute approximate surface area is 126 Å². The van der Waals surface area contributed by atoms with Crippen molar-refractivity contribution in [2.75, 3.05) is 13.1 Å². The number of hydrogen-bond donors (Lipinski definition) is 0. The molecule has 2 aliphatic rings. The Hall–Kier alpha value is -0.460. The van der Waals surface area contributed by atoms with Gasteiger partial charge in [-0.3, -0.25) is 0 Å². The Morgan fingerprint density at radius 3 is 2.35 bits per heavy atom. The molecule has 0 unspecified atom stereocenters. The van der Waals surface area contributed by atoms with Gasteiger partial charge in [0.1, 0.15) is 0 Å². The molecule has 116 valence electrons. The first-order valence-electron chi connectivity index (χ1n) is 9.31. The van der Waals surface area contributed by atoms with Crippen LogP contribution in [0.25, 0.3) is 0 Å². The fourth-order valence-corrected chi connectivity index (χ4v) is 3.84. The van der Waals surface area contributed by atoms with Crippen molar-refractivity contribution in [2.24, 2.45) is 11.8 Å². The molecule has 1 heteroatoms. The third-order valence-electron chi connectivity index (χ3n) is 5.32. The lowest BCUT2D eigenvalue weighted by Crippen LogP contribution is -2.24. The van der Waals surface area contributed by atoms with Gasteiger partial charge in [0.15, 0.2) is 0 Å². The zero-order valence-corrected chi connectivity index (χ0v) is 13.7. The van der Waals surface area contributed by atoms with Crippen molar-refractivity contribution in [1.82, 2.24) is 4.90 Å². The van der Waals surface area contributed by atoms with Gasteiger partial charge in [0.05, 0.1) is 0 Å². The van der Waals surface area contributed by atoms with E-state index in [1.165, 1.54) is 90.1 Å². The molecule has 0 atom stereocenters. The highest BCUT2D eigenvalue weighted by Gasteiger charge is 2.19. The SMILES string of the molecule is CCCCCCC1CCC(C=CN2CCCCC2)CC1. The third kappa shape index (κ3) is 5.89. The summed E-state index contributed by atoms with van der Waals surface area (Å²) in [5.74, 6) is 1.93. The number of allylic oxidation sites excluding steroid dienone is 1. The predicted molar refractivity (Wildman–Crippen MR) is 88.8 cm³/mol. The monoisotopic (exact) mass is 277 g/mol. The van der Waals surface area contributed by atoms with E-state index < -0.39 is 0 Å². The van der Waals surface area contributed by atoms with Crippen molar-refractivity contribution in [3.8, 4) is 0 Å². The smallest absolute Gasteiger partial charge is 0.0172 e. The summed E-state index contributed by atoms with van der Waals surface area (Å²) in [5.41, 5.74) is 0. The lowest BCUT2D eigenvalue weighted by Gasteiger charge is -2.29. The maximum absolute atomic E-state index is 2.54. The molecule has 0 amide bonds. The Kier molecular flexibility index (Phi) is 7.54. The lowest BCUT2D eigenvalue weighted by molar-refractivity contribution is 0.280. The molecule has 0 aromatic carbocycles. The Balaban J connectivity index is 1.57. The summed E-state index contributed by atoms with van der Waals surface area (Å²) in [6.45, 7) is 4.90. The van der Waals surface area contributed by atoms with E-state index in [1.54, 1.807) is 0 Å². The van der Waals surface area contributed by atoms with Gasteiger partial charge in [-0.25, -0.2) is 0 Å².